The smallest absolute Gasteiger partial charge is 0.410 e. The number of phenols is 1. The van der Waals surface area contributed by atoms with Crippen molar-refractivity contribution in [1.29, 1.82) is 0 Å². The van der Waals surface area contributed by atoms with E-state index in [0.717, 1.165) is 12.8 Å². The molecule has 1 amide bonds. The fraction of sp³-hybridized carbons (Fsp3) is 0.526. The average molecular weight is 375 g/mol. The lowest BCUT2D eigenvalue weighted by Crippen LogP contribution is -2.41. The predicted octanol–water partition coefficient (Wildman–Crippen LogP) is 3.57. The van der Waals surface area contributed by atoms with Crippen LogP contribution in [0.25, 0.3) is 11.4 Å². The van der Waals surface area contributed by atoms with E-state index in [1.54, 1.807) is 17.0 Å². The summed E-state index contributed by atoms with van der Waals surface area (Å²) in [5.41, 5.74) is 0.200. The van der Waals surface area contributed by atoms with Crippen molar-refractivity contribution >= 4 is 6.09 Å². The lowest BCUT2D eigenvalue weighted by atomic mass is 9.97. The van der Waals surface area contributed by atoms with Crippen LogP contribution in [-0.2, 0) is 4.74 Å². The highest BCUT2D eigenvalue weighted by molar-refractivity contribution is 5.68. The molecule has 0 atom stereocenters. The number of phenolic OH excluding ortho intramolecular Hbond substituents is 1. The zero-order valence-corrected chi connectivity index (χ0v) is 16.1. The monoisotopic (exact) mass is 375 g/mol. The van der Waals surface area contributed by atoms with Gasteiger partial charge < -0.3 is 24.0 Å². The Morgan fingerprint density at radius 2 is 2.00 bits per heavy atom. The maximum atomic E-state index is 12.2. The topological polar surface area (TPSA) is 97.9 Å². The summed E-state index contributed by atoms with van der Waals surface area (Å²) >= 11 is 0. The zero-order valence-electron chi connectivity index (χ0n) is 16.1. The number of aromatic nitrogens is 2. The van der Waals surface area contributed by atoms with E-state index >= 15 is 0 Å². The summed E-state index contributed by atoms with van der Waals surface area (Å²) in [4.78, 5) is 18.4. The highest BCUT2D eigenvalue weighted by atomic mass is 16.6. The molecular formula is C19H25N3O5. The molecule has 1 N–H and O–H groups in total. The van der Waals surface area contributed by atoms with Crippen molar-refractivity contribution in [2.45, 2.75) is 45.1 Å². The molecule has 0 saturated carbocycles. The van der Waals surface area contributed by atoms with E-state index in [1.165, 1.54) is 13.2 Å². The van der Waals surface area contributed by atoms with Crippen LogP contribution < -0.4 is 4.74 Å². The highest BCUT2D eigenvalue weighted by Gasteiger charge is 2.30. The summed E-state index contributed by atoms with van der Waals surface area (Å²) in [5.74, 6) is 1.51. The lowest BCUT2D eigenvalue weighted by Gasteiger charge is -2.32. The van der Waals surface area contributed by atoms with Gasteiger partial charge in [-0.05, 0) is 51.8 Å². The van der Waals surface area contributed by atoms with Crippen LogP contribution in [0.15, 0.2) is 22.7 Å². The zero-order chi connectivity index (χ0) is 19.6. The first-order valence-electron chi connectivity index (χ1n) is 8.96. The van der Waals surface area contributed by atoms with E-state index in [0.29, 0.717) is 36.1 Å². The van der Waals surface area contributed by atoms with Gasteiger partial charge >= 0.3 is 6.09 Å². The Bertz CT molecular complexity index is 804. The van der Waals surface area contributed by atoms with Crippen molar-refractivity contribution in [2.24, 2.45) is 0 Å². The molecule has 0 aliphatic carbocycles. The van der Waals surface area contributed by atoms with Gasteiger partial charge in [0.25, 0.3) is 0 Å². The van der Waals surface area contributed by atoms with Crippen LogP contribution in [0.4, 0.5) is 4.79 Å². The second-order valence-electron chi connectivity index (χ2n) is 7.58. The molecule has 27 heavy (non-hydrogen) atoms. The number of carbonyl (C=O) groups is 1. The third-order valence-electron chi connectivity index (χ3n) is 4.38. The van der Waals surface area contributed by atoms with E-state index in [1.807, 2.05) is 20.8 Å². The van der Waals surface area contributed by atoms with Crippen LogP contribution in [0, 0.1) is 0 Å². The molecular weight excluding hydrogens is 350 g/mol. The number of methoxy groups -OCH3 is 1. The fourth-order valence-corrected chi connectivity index (χ4v) is 2.97. The van der Waals surface area contributed by atoms with Crippen molar-refractivity contribution in [1.82, 2.24) is 15.0 Å². The number of likely N-dealkylation sites (tertiary alicyclic amines) is 1. The van der Waals surface area contributed by atoms with Crippen molar-refractivity contribution in [3.8, 4) is 22.9 Å². The fourth-order valence-electron chi connectivity index (χ4n) is 2.97. The predicted molar refractivity (Wildman–Crippen MR) is 97.7 cm³/mol. The van der Waals surface area contributed by atoms with Crippen molar-refractivity contribution < 1.29 is 23.9 Å². The average Bonchev–Trinajstić information content (AvgIpc) is 3.11. The molecule has 1 aliphatic rings. The van der Waals surface area contributed by atoms with Gasteiger partial charge in [-0.25, -0.2) is 4.79 Å². The van der Waals surface area contributed by atoms with E-state index < -0.39 is 5.60 Å². The van der Waals surface area contributed by atoms with Crippen molar-refractivity contribution in [3.05, 3.63) is 24.1 Å². The molecule has 1 aromatic heterocycles. The summed E-state index contributed by atoms with van der Waals surface area (Å²) in [5, 5.41) is 13.7. The molecule has 0 bridgehead atoms. The van der Waals surface area contributed by atoms with Crippen molar-refractivity contribution in [3.63, 3.8) is 0 Å². The minimum absolute atomic E-state index is 0.0551. The number of aromatic hydroxyl groups is 1. The van der Waals surface area contributed by atoms with E-state index in [4.69, 9.17) is 14.0 Å². The first-order valence-corrected chi connectivity index (χ1v) is 8.96. The Hall–Kier alpha value is -2.77. The normalized spacial score (nSPS) is 15.6. The molecule has 0 spiro atoms. The van der Waals surface area contributed by atoms with E-state index in [2.05, 4.69) is 10.1 Å². The van der Waals surface area contributed by atoms with Gasteiger partial charge in [-0.1, -0.05) is 5.16 Å². The molecule has 1 aliphatic heterocycles. The molecule has 0 unspecified atom stereocenters. The highest BCUT2D eigenvalue weighted by Crippen LogP contribution is 2.32. The van der Waals surface area contributed by atoms with Gasteiger partial charge in [-0.15, -0.1) is 0 Å². The number of hydrogen-bond donors (Lipinski definition) is 1. The first kappa shape index (κ1) is 19.0. The molecule has 1 fully saturated rings. The summed E-state index contributed by atoms with van der Waals surface area (Å²) in [7, 11) is 1.49. The second kappa shape index (κ2) is 7.46. The summed E-state index contributed by atoms with van der Waals surface area (Å²) in [6.07, 6.45) is 1.18. The van der Waals surface area contributed by atoms with E-state index in [-0.39, 0.29) is 17.8 Å². The summed E-state index contributed by atoms with van der Waals surface area (Å²) < 4.78 is 16.0. The third kappa shape index (κ3) is 4.50. The Morgan fingerprint density at radius 1 is 1.30 bits per heavy atom. The Balaban J connectivity index is 1.64. The maximum Gasteiger partial charge on any atom is 0.410 e. The van der Waals surface area contributed by atoms with Crippen LogP contribution in [0.2, 0.25) is 0 Å². The van der Waals surface area contributed by atoms with Gasteiger partial charge in [0.15, 0.2) is 11.5 Å². The number of piperidine rings is 1. The summed E-state index contributed by atoms with van der Waals surface area (Å²) in [6.45, 7) is 6.75. The first-order chi connectivity index (χ1) is 12.8. The molecule has 8 heteroatoms. The Kier molecular flexibility index (Phi) is 5.25. The van der Waals surface area contributed by atoms with Gasteiger partial charge in [-0.3, -0.25) is 0 Å². The Labute approximate surface area is 158 Å². The summed E-state index contributed by atoms with van der Waals surface area (Å²) in [6, 6.07) is 4.90. The van der Waals surface area contributed by atoms with Gasteiger partial charge in [0.1, 0.15) is 5.60 Å². The molecule has 1 saturated heterocycles. The molecule has 8 nitrogen and oxygen atoms in total. The standard InChI is InChI=1S/C19H25N3O5/c1-19(2,3)26-18(24)22-9-7-12(8-10-22)17-20-16(21-27-17)13-5-6-14(23)15(11-13)25-4/h5-6,11-12,23H,7-10H2,1-4H3. The van der Waals surface area contributed by atoms with Gasteiger partial charge in [0.2, 0.25) is 11.7 Å². The number of amides is 1. The number of benzene rings is 1. The minimum Gasteiger partial charge on any atom is -0.504 e. The number of hydrogen-bond acceptors (Lipinski definition) is 7. The third-order valence-corrected chi connectivity index (χ3v) is 4.38. The van der Waals surface area contributed by atoms with Gasteiger partial charge in [0.05, 0.1) is 7.11 Å². The largest absolute Gasteiger partial charge is 0.504 e. The molecule has 3 rings (SSSR count). The molecule has 2 aromatic rings. The quantitative estimate of drug-likeness (QED) is 0.876. The van der Waals surface area contributed by atoms with E-state index in [9.17, 15) is 9.90 Å². The van der Waals surface area contributed by atoms with Gasteiger partial charge in [-0.2, -0.15) is 4.98 Å². The minimum atomic E-state index is -0.500. The number of carbonyl (C=O) groups excluding carboxylic acids is 1. The molecule has 146 valence electrons. The number of rotatable bonds is 3. The van der Waals surface area contributed by atoms with Crippen LogP contribution in [0.3, 0.4) is 0 Å². The van der Waals surface area contributed by atoms with Crippen LogP contribution in [-0.4, -0.2) is 52.0 Å². The van der Waals surface area contributed by atoms with Crippen LogP contribution in [0.1, 0.15) is 45.4 Å². The van der Waals surface area contributed by atoms with Gasteiger partial charge in [0, 0.05) is 24.6 Å². The van der Waals surface area contributed by atoms with Crippen molar-refractivity contribution in [2.75, 3.05) is 20.2 Å². The number of nitrogens with zero attached hydrogens (tertiary/aromatic N) is 3. The Morgan fingerprint density at radius 3 is 2.63 bits per heavy atom. The SMILES string of the molecule is COc1cc(-c2noc(C3CCN(C(=O)OC(C)(C)C)CC3)n2)ccc1O. The maximum absolute atomic E-state index is 12.2. The lowest BCUT2D eigenvalue weighted by molar-refractivity contribution is 0.0198. The molecule has 0 radical (unpaired) electrons. The second-order valence-corrected chi connectivity index (χ2v) is 7.58. The van der Waals surface area contributed by atoms with Crippen LogP contribution >= 0.6 is 0 Å². The number of ether oxygens (including phenoxy) is 2. The van der Waals surface area contributed by atoms with Crippen LogP contribution in [0.5, 0.6) is 11.5 Å². The molecule has 2 heterocycles. The molecule has 1 aromatic carbocycles.